The molecule has 0 radical (unpaired) electrons. The predicted octanol–water partition coefficient (Wildman–Crippen LogP) is 9.97. The van der Waals surface area contributed by atoms with Gasteiger partial charge in [-0.05, 0) is 108 Å². The molecule has 6 atom stereocenters. The van der Waals surface area contributed by atoms with Crippen molar-refractivity contribution < 1.29 is 43.5 Å². The minimum atomic E-state index is -1.40. The van der Waals surface area contributed by atoms with Crippen LogP contribution in [0.15, 0.2) is 139 Å². The van der Waals surface area contributed by atoms with Gasteiger partial charge in [0.2, 0.25) is 12.6 Å². The van der Waals surface area contributed by atoms with Crippen molar-refractivity contribution >= 4 is 22.4 Å². The predicted molar refractivity (Wildman–Crippen MR) is 245 cm³/mol. The number of carbonyl (C=O) groups excluding carboxylic acids is 1. The van der Waals surface area contributed by atoms with E-state index >= 15 is 0 Å². The molecular formula is C53H56N2O9. The molecule has 11 heteroatoms. The number of benzene rings is 5. The van der Waals surface area contributed by atoms with Gasteiger partial charge in [0.15, 0.2) is 11.5 Å². The summed E-state index contributed by atoms with van der Waals surface area (Å²) in [6.45, 7) is 4.77. The number of hydrogen-bond acceptors (Lipinski definition) is 10. The number of hydrogen-bond donors (Lipinski definition) is 2. The molecule has 11 nitrogen and oxygen atoms in total. The van der Waals surface area contributed by atoms with E-state index in [0.717, 1.165) is 64.6 Å². The summed E-state index contributed by atoms with van der Waals surface area (Å²) in [7, 11) is 1.79. The Hall–Kier alpha value is -6.14. The highest BCUT2D eigenvalue weighted by atomic mass is 16.7. The number of oxime groups is 1. The Morgan fingerprint density at radius 1 is 0.844 bits per heavy atom. The molecule has 2 N–H and O–H groups in total. The normalized spacial score (nSPS) is 23.4. The Labute approximate surface area is 374 Å². The monoisotopic (exact) mass is 864 g/mol. The standard InChI is InChI=1S/C53H56N2O9/c1-3-27-61-53-49(55(2)52(58)39-20-23-47-48(30-39)60-34-59-47)32-45(54-62-33-35-13-5-4-6-14-35)43-29-38(17-9-11-25-56)42(18-10-12-26-57)50(51(43)53)44-31-41(22-24-46(44)64-53)63-40-21-19-36-15-7-8-16-37(36)28-40/h3-8,13-16,19-24,28-31,38,42,49-51,56-57H,1,9-12,17-18,25-27,32-34H2,2H3/t38-,42+,49-,50+,51+,53+/m0/s1. The average molecular weight is 865 g/mol. The third kappa shape index (κ3) is 8.59. The molecule has 1 fully saturated rings. The van der Waals surface area contributed by atoms with E-state index in [1.54, 1.807) is 36.2 Å². The van der Waals surface area contributed by atoms with Crippen molar-refractivity contribution in [1.82, 2.24) is 4.90 Å². The molecule has 0 unspecified atom stereocenters. The van der Waals surface area contributed by atoms with Gasteiger partial charge in [-0.3, -0.25) is 4.79 Å². The van der Waals surface area contributed by atoms with E-state index in [9.17, 15) is 15.0 Å². The lowest BCUT2D eigenvalue weighted by atomic mass is 9.55. The van der Waals surface area contributed by atoms with Crippen molar-refractivity contribution in [2.75, 3.05) is 33.7 Å². The number of aliphatic hydroxyl groups excluding tert-OH is 2. The van der Waals surface area contributed by atoms with E-state index in [0.29, 0.717) is 41.4 Å². The first kappa shape index (κ1) is 43.1. The van der Waals surface area contributed by atoms with Gasteiger partial charge >= 0.3 is 0 Å². The van der Waals surface area contributed by atoms with Crippen molar-refractivity contribution in [2.24, 2.45) is 22.9 Å². The van der Waals surface area contributed by atoms with E-state index in [2.05, 4.69) is 36.9 Å². The molecule has 0 bridgehead atoms. The van der Waals surface area contributed by atoms with Gasteiger partial charge in [-0.2, -0.15) is 0 Å². The van der Waals surface area contributed by atoms with Gasteiger partial charge in [0.25, 0.3) is 5.91 Å². The first-order chi connectivity index (χ1) is 31.4. The van der Waals surface area contributed by atoms with E-state index in [4.69, 9.17) is 33.7 Å². The third-order valence-electron chi connectivity index (χ3n) is 13.3. The molecule has 5 aromatic rings. The van der Waals surface area contributed by atoms with Crippen LogP contribution in [-0.2, 0) is 16.2 Å². The Morgan fingerprint density at radius 3 is 2.39 bits per heavy atom. The first-order valence-electron chi connectivity index (χ1n) is 22.5. The number of nitrogens with zero attached hydrogens (tertiary/aromatic N) is 2. The van der Waals surface area contributed by atoms with Crippen LogP contribution in [0.25, 0.3) is 10.8 Å². The lowest BCUT2D eigenvalue weighted by Crippen LogP contribution is -2.69. The summed E-state index contributed by atoms with van der Waals surface area (Å²) >= 11 is 0. The van der Waals surface area contributed by atoms with Gasteiger partial charge in [-0.1, -0.05) is 90.8 Å². The fourth-order valence-corrected chi connectivity index (χ4v) is 10.3. The van der Waals surface area contributed by atoms with Crippen molar-refractivity contribution in [2.45, 2.75) is 69.3 Å². The molecule has 2 heterocycles. The van der Waals surface area contributed by atoms with Crippen LogP contribution in [0.2, 0.25) is 0 Å². The Kier molecular flexibility index (Phi) is 13.0. The number of allylic oxidation sites excluding steroid dienone is 1. The Balaban J connectivity index is 1.20. The molecule has 1 amide bonds. The fraction of sp³-hybridized carbons (Fsp3) is 0.358. The largest absolute Gasteiger partial charge is 0.459 e. The molecule has 1 saturated carbocycles. The number of ether oxygens (including phenoxy) is 5. The lowest BCUT2D eigenvalue weighted by molar-refractivity contribution is -0.252. The van der Waals surface area contributed by atoms with Crippen molar-refractivity contribution in [3.63, 3.8) is 0 Å². The van der Waals surface area contributed by atoms with Crippen LogP contribution >= 0.6 is 0 Å². The Morgan fingerprint density at radius 2 is 1.58 bits per heavy atom. The second kappa shape index (κ2) is 19.3. The highest BCUT2D eigenvalue weighted by Crippen LogP contribution is 2.62. The Bertz CT molecular complexity index is 2520. The number of unbranched alkanes of at least 4 members (excludes halogenated alkanes) is 2. The molecule has 4 aliphatic rings. The van der Waals surface area contributed by atoms with Gasteiger partial charge in [-0.15, -0.1) is 6.58 Å². The van der Waals surface area contributed by atoms with Crippen LogP contribution in [0.4, 0.5) is 0 Å². The molecule has 64 heavy (non-hydrogen) atoms. The molecule has 9 rings (SSSR count). The smallest absolute Gasteiger partial charge is 0.254 e. The molecule has 0 aromatic heterocycles. The zero-order valence-corrected chi connectivity index (χ0v) is 36.3. The first-order valence-corrected chi connectivity index (χ1v) is 22.5. The second-order valence-corrected chi connectivity index (χ2v) is 17.1. The molecule has 2 aliphatic heterocycles. The molecule has 2 aliphatic carbocycles. The summed E-state index contributed by atoms with van der Waals surface area (Å²) in [5, 5.41) is 27.1. The molecule has 0 spiro atoms. The van der Waals surface area contributed by atoms with Crippen LogP contribution < -0.4 is 18.9 Å². The van der Waals surface area contributed by atoms with Gasteiger partial charge in [-0.25, -0.2) is 0 Å². The van der Waals surface area contributed by atoms with Gasteiger partial charge in [0, 0.05) is 43.7 Å². The lowest BCUT2D eigenvalue weighted by Gasteiger charge is -2.59. The summed E-state index contributed by atoms with van der Waals surface area (Å²) in [4.78, 5) is 22.8. The number of likely N-dealkylation sites (N-methyl/N-ethyl adjacent to an activating group) is 1. The van der Waals surface area contributed by atoms with E-state index in [-0.39, 0.29) is 63.3 Å². The fourth-order valence-electron chi connectivity index (χ4n) is 10.3. The van der Waals surface area contributed by atoms with E-state index in [1.807, 2.05) is 66.7 Å². The van der Waals surface area contributed by atoms with E-state index in [1.165, 1.54) is 0 Å². The zero-order chi connectivity index (χ0) is 44.0. The summed E-state index contributed by atoms with van der Waals surface area (Å²) in [5.74, 6) is 0.958. The van der Waals surface area contributed by atoms with Crippen molar-refractivity contribution in [3.8, 4) is 28.7 Å². The van der Waals surface area contributed by atoms with Crippen LogP contribution in [0.1, 0.15) is 72.3 Å². The van der Waals surface area contributed by atoms with Gasteiger partial charge in [0.05, 0.1) is 18.2 Å². The van der Waals surface area contributed by atoms with Crippen LogP contribution in [0.5, 0.6) is 28.7 Å². The second-order valence-electron chi connectivity index (χ2n) is 17.1. The molecule has 0 saturated heterocycles. The maximum Gasteiger partial charge on any atom is 0.254 e. The maximum absolute atomic E-state index is 14.8. The van der Waals surface area contributed by atoms with E-state index < -0.39 is 17.7 Å². The minimum Gasteiger partial charge on any atom is -0.459 e. The number of carbonyl (C=O) groups is 1. The summed E-state index contributed by atoms with van der Waals surface area (Å²) in [5.41, 5.74) is 4.07. The number of aliphatic hydroxyl groups is 2. The summed E-state index contributed by atoms with van der Waals surface area (Å²) in [6.07, 6.45) is 8.97. The molecule has 332 valence electrons. The van der Waals surface area contributed by atoms with Crippen molar-refractivity contribution in [1.29, 1.82) is 0 Å². The van der Waals surface area contributed by atoms with Crippen LogP contribution in [0.3, 0.4) is 0 Å². The van der Waals surface area contributed by atoms with Crippen LogP contribution in [0, 0.1) is 17.8 Å². The quantitative estimate of drug-likeness (QED) is 0.0503. The summed E-state index contributed by atoms with van der Waals surface area (Å²) < 4.78 is 32.4. The minimum absolute atomic E-state index is 0.0596. The summed E-state index contributed by atoms with van der Waals surface area (Å²) in [6, 6.07) is 34.8. The molecule has 5 aromatic carbocycles. The number of rotatable bonds is 18. The number of fused-ring (bicyclic) bond motifs is 4. The average Bonchev–Trinajstić information content (AvgIpc) is 3.80. The van der Waals surface area contributed by atoms with Gasteiger partial charge < -0.3 is 43.6 Å². The highest BCUT2D eigenvalue weighted by Gasteiger charge is 2.65. The SMILES string of the molecule is C=CCO[C@@]12Oc3ccc(Oc4ccc5ccccc5c4)cc3[C@H]3[C@H](CCCCO)[C@@H](CCCCO)C=C(C(=NOCc4ccccc4)C[C@@H]1N(C)C(=O)c1ccc4c(c1)OCO4)[C@H]32. The molecular weight excluding hydrogens is 809 g/mol. The maximum atomic E-state index is 14.8. The highest BCUT2D eigenvalue weighted by molar-refractivity contribution is 6.03. The topological polar surface area (TPSA) is 129 Å². The number of amides is 1. The zero-order valence-electron chi connectivity index (χ0n) is 36.3. The third-order valence-corrected chi connectivity index (χ3v) is 13.3. The van der Waals surface area contributed by atoms with Gasteiger partial charge in [0.1, 0.15) is 29.9 Å². The van der Waals surface area contributed by atoms with Crippen LogP contribution in [-0.4, -0.2) is 72.2 Å². The van der Waals surface area contributed by atoms with Crippen molar-refractivity contribution in [3.05, 3.63) is 150 Å².